The fourth-order valence-electron chi connectivity index (χ4n) is 3.57. The number of hydrogen-bond donors (Lipinski definition) is 0. The number of amides is 2. The van der Waals surface area contributed by atoms with Crippen molar-refractivity contribution in [3.8, 4) is 0 Å². The average molecular weight is 317 g/mol. The van der Waals surface area contributed by atoms with Crippen molar-refractivity contribution < 1.29 is 14.3 Å². The Labute approximate surface area is 136 Å². The van der Waals surface area contributed by atoms with E-state index < -0.39 is 0 Å². The van der Waals surface area contributed by atoms with E-state index in [4.69, 9.17) is 4.74 Å². The number of ether oxygens (including phenoxy) is 1. The Bertz CT molecular complexity index is 576. The number of nitrogens with zero attached hydrogens (tertiary/aromatic N) is 3. The smallest absolute Gasteiger partial charge is 0.410 e. The Morgan fingerprint density at radius 2 is 2.13 bits per heavy atom. The number of aromatic nitrogens is 1. The number of pyridine rings is 1. The molecule has 2 aliphatic heterocycles. The highest BCUT2D eigenvalue weighted by Gasteiger charge is 2.40. The van der Waals surface area contributed by atoms with Crippen LogP contribution in [0.5, 0.6) is 0 Å². The van der Waals surface area contributed by atoms with Gasteiger partial charge < -0.3 is 14.5 Å². The minimum Gasteiger partial charge on any atom is -0.449 e. The first-order chi connectivity index (χ1) is 11.1. The van der Waals surface area contributed by atoms with Gasteiger partial charge >= 0.3 is 6.09 Å². The van der Waals surface area contributed by atoms with Gasteiger partial charge in [0.1, 0.15) is 0 Å². The fraction of sp³-hybridized carbons (Fsp3) is 0.588. The molecule has 1 aromatic heterocycles. The lowest BCUT2D eigenvalue weighted by Crippen LogP contribution is -2.54. The molecular formula is C17H23N3O3. The van der Waals surface area contributed by atoms with Gasteiger partial charge in [-0.3, -0.25) is 9.78 Å². The quantitative estimate of drug-likeness (QED) is 0.838. The molecule has 2 fully saturated rings. The first-order valence-electron chi connectivity index (χ1n) is 8.22. The summed E-state index contributed by atoms with van der Waals surface area (Å²) in [6.45, 7) is 5.82. The second kappa shape index (κ2) is 6.56. The molecule has 124 valence electrons. The van der Waals surface area contributed by atoms with Gasteiger partial charge in [-0.05, 0) is 38.8 Å². The normalized spacial score (nSPS) is 24.9. The second-order valence-corrected chi connectivity index (χ2v) is 6.52. The van der Waals surface area contributed by atoms with Crippen molar-refractivity contribution >= 4 is 12.0 Å². The molecule has 2 aliphatic rings. The van der Waals surface area contributed by atoms with Crippen LogP contribution in [0.3, 0.4) is 0 Å². The van der Waals surface area contributed by atoms with Crippen molar-refractivity contribution in [3.05, 3.63) is 30.1 Å². The van der Waals surface area contributed by atoms with E-state index in [1.807, 2.05) is 23.6 Å². The third-order valence-corrected chi connectivity index (χ3v) is 4.75. The summed E-state index contributed by atoms with van der Waals surface area (Å²) in [4.78, 5) is 32.4. The van der Waals surface area contributed by atoms with Gasteiger partial charge in [-0.2, -0.15) is 0 Å². The Hall–Kier alpha value is -2.11. The molecule has 3 rings (SSSR count). The van der Waals surface area contributed by atoms with Gasteiger partial charge in [-0.15, -0.1) is 0 Å². The highest BCUT2D eigenvalue weighted by Crippen LogP contribution is 2.30. The Balaban J connectivity index is 1.74. The van der Waals surface area contributed by atoms with E-state index in [0.717, 1.165) is 12.8 Å². The first-order valence-corrected chi connectivity index (χ1v) is 8.22. The number of hydrogen-bond acceptors (Lipinski definition) is 4. The zero-order valence-corrected chi connectivity index (χ0v) is 13.6. The van der Waals surface area contributed by atoms with Crippen LogP contribution in [-0.4, -0.2) is 58.6 Å². The lowest BCUT2D eigenvalue weighted by atomic mass is 9.92. The molecule has 1 aromatic rings. The maximum atomic E-state index is 12.6. The minimum atomic E-state index is -0.228. The summed E-state index contributed by atoms with van der Waals surface area (Å²) in [5, 5.41) is 0. The van der Waals surface area contributed by atoms with Crippen molar-refractivity contribution in [2.75, 3.05) is 19.7 Å². The van der Waals surface area contributed by atoms with Crippen molar-refractivity contribution in [1.82, 2.24) is 14.8 Å². The van der Waals surface area contributed by atoms with Crippen LogP contribution in [0.25, 0.3) is 0 Å². The van der Waals surface area contributed by atoms with Gasteiger partial charge in [0.2, 0.25) is 0 Å². The monoisotopic (exact) mass is 317 g/mol. The maximum Gasteiger partial charge on any atom is 0.410 e. The van der Waals surface area contributed by atoms with Crippen LogP contribution in [0, 0.1) is 5.92 Å². The van der Waals surface area contributed by atoms with Crippen molar-refractivity contribution in [1.29, 1.82) is 0 Å². The van der Waals surface area contributed by atoms with Crippen LogP contribution in [-0.2, 0) is 4.74 Å². The molecule has 2 amide bonds. The summed E-state index contributed by atoms with van der Waals surface area (Å²) in [5.74, 6) is 0.307. The van der Waals surface area contributed by atoms with Gasteiger partial charge in [0.15, 0.2) is 0 Å². The Kier molecular flexibility index (Phi) is 4.50. The van der Waals surface area contributed by atoms with Crippen molar-refractivity contribution in [2.45, 2.75) is 38.8 Å². The highest BCUT2D eigenvalue weighted by molar-refractivity contribution is 5.93. The molecule has 23 heavy (non-hydrogen) atoms. The van der Waals surface area contributed by atoms with Crippen LogP contribution in [0.2, 0.25) is 0 Å². The van der Waals surface area contributed by atoms with Crippen molar-refractivity contribution in [3.63, 3.8) is 0 Å². The minimum absolute atomic E-state index is 0.0140. The Morgan fingerprint density at radius 1 is 1.35 bits per heavy atom. The maximum absolute atomic E-state index is 12.6. The molecule has 0 aromatic carbocycles. The molecule has 0 N–H and O–H groups in total. The summed E-state index contributed by atoms with van der Waals surface area (Å²) < 4.78 is 5.33. The van der Waals surface area contributed by atoms with E-state index >= 15 is 0 Å². The summed E-state index contributed by atoms with van der Waals surface area (Å²) in [6.07, 6.45) is 4.69. The number of fused-ring (bicyclic) bond motifs is 1. The summed E-state index contributed by atoms with van der Waals surface area (Å²) in [7, 11) is 0. The molecule has 6 nitrogen and oxygen atoms in total. The average Bonchev–Trinajstić information content (AvgIpc) is 2.77. The number of rotatable bonds is 2. The van der Waals surface area contributed by atoms with Gasteiger partial charge in [0, 0.05) is 43.5 Å². The highest BCUT2D eigenvalue weighted by atomic mass is 16.6. The fourth-order valence-corrected chi connectivity index (χ4v) is 3.57. The lowest BCUT2D eigenvalue weighted by Gasteiger charge is -2.41. The summed E-state index contributed by atoms with van der Waals surface area (Å²) >= 11 is 0. The van der Waals surface area contributed by atoms with Crippen LogP contribution in [0.4, 0.5) is 4.79 Å². The zero-order valence-electron chi connectivity index (χ0n) is 13.6. The first kappa shape index (κ1) is 15.8. The van der Waals surface area contributed by atoms with Crippen molar-refractivity contribution in [2.24, 2.45) is 5.92 Å². The molecule has 0 aliphatic carbocycles. The Morgan fingerprint density at radius 3 is 2.83 bits per heavy atom. The molecule has 2 saturated heterocycles. The molecular weight excluding hydrogens is 294 g/mol. The third-order valence-electron chi connectivity index (χ3n) is 4.75. The summed E-state index contributed by atoms with van der Waals surface area (Å²) in [5.41, 5.74) is 0.616. The topological polar surface area (TPSA) is 62.7 Å². The lowest BCUT2D eigenvalue weighted by molar-refractivity contribution is -0.00597. The molecule has 0 radical (unpaired) electrons. The van der Waals surface area contributed by atoms with E-state index in [9.17, 15) is 9.59 Å². The molecule has 0 saturated carbocycles. The molecule has 0 unspecified atom stereocenters. The van der Waals surface area contributed by atoms with Crippen LogP contribution >= 0.6 is 0 Å². The molecule has 3 heterocycles. The molecule has 0 bridgehead atoms. The third kappa shape index (κ3) is 3.16. The van der Waals surface area contributed by atoms with Crippen LogP contribution in [0.1, 0.15) is 37.0 Å². The zero-order chi connectivity index (χ0) is 16.4. The number of carbonyl (C=O) groups excluding carboxylic acids is 2. The number of cyclic esters (lactones) is 1. The predicted molar refractivity (Wildman–Crippen MR) is 85.0 cm³/mol. The van der Waals surface area contributed by atoms with E-state index in [-0.39, 0.29) is 24.1 Å². The number of likely N-dealkylation sites (tertiary alicyclic amines) is 1. The molecule has 6 heteroatoms. The molecule has 0 spiro atoms. The summed E-state index contributed by atoms with van der Waals surface area (Å²) in [6, 6.07) is 3.83. The van der Waals surface area contributed by atoms with E-state index in [1.165, 1.54) is 0 Å². The van der Waals surface area contributed by atoms with E-state index in [2.05, 4.69) is 4.98 Å². The number of carbonyl (C=O) groups is 2. The second-order valence-electron chi connectivity index (χ2n) is 6.52. The van der Waals surface area contributed by atoms with Crippen LogP contribution in [0.15, 0.2) is 24.5 Å². The van der Waals surface area contributed by atoms with Gasteiger partial charge in [0.05, 0.1) is 12.2 Å². The predicted octanol–water partition coefficient (Wildman–Crippen LogP) is 2.16. The van der Waals surface area contributed by atoms with Gasteiger partial charge in [0.25, 0.3) is 5.91 Å². The van der Waals surface area contributed by atoms with Gasteiger partial charge in [-0.1, -0.05) is 0 Å². The largest absolute Gasteiger partial charge is 0.449 e. The van der Waals surface area contributed by atoms with Crippen LogP contribution < -0.4 is 0 Å². The van der Waals surface area contributed by atoms with E-state index in [0.29, 0.717) is 31.2 Å². The standard InChI is InChI=1S/C17H23N3O3/c1-12(2)20-15-6-9-19(8-5-14(15)11-23-17(20)22)16(21)13-4-3-7-18-10-13/h3-4,7,10,12,14-15H,5-6,8-9,11H2,1-2H3/t14-,15+/m1/s1. The van der Waals surface area contributed by atoms with E-state index in [1.54, 1.807) is 24.5 Å². The SMILES string of the molecule is CC(C)N1C(=O)OC[C@H]2CCN(C(=O)c3cccnc3)CC[C@@H]21. The molecule has 2 atom stereocenters. The van der Waals surface area contributed by atoms with Gasteiger partial charge in [-0.25, -0.2) is 4.79 Å².